The summed E-state index contributed by atoms with van der Waals surface area (Å²) in [7, 11) is 3.90. The van der Waals surface area contributed by atoms with Crippen LogP contribution in [0.3, 0.4) is 0 Å². The minimum absolute atomic E-state index is 0.0470. The lowest BCUT2D eigenvalue weighted by Crippen LogP contribution is -2.40. The van der Waals surface area contributed by atoms with E-state index in [-0.39, 0.29) is 5.97 Å². The van der Waals surface area contributed by atoms with Crippen LogP contribution >= 0.6 is 0 Å². The summed E-state index contributed by atoms with van der Waals surface area (Å²) in [5.74, 6) is -0.0470. The van der Waals surface area contributed by atoms with Crippen LogP contribution in [0.15, 0.2) is 0 Å². The summed E-state index contributed by atoms with van der Waals surface area (Å²) < 4.78 is 10.0. The van der Waals surface area contributed by atoms with Crippen LogP contribution in [0, 0.1) is 0 Å². The summed E-state index contributed by atoms with van der Waals surface area (Å²) >= 11 is 0. The Morgan fingerprint density at radius 2 is 1.46 bits per heavy atom. The van der Waals surface area contributed by atoms with Crippen molar-refractivity contribution in [2.45, 2.75) is 104 Å². The van der Waals surface area contributed by atoms with Crippen molar-refractivity contribution in [1.82, 2.24) is 15.5 Å². The molecule has 0 aromatic carbocycles. The first-order valence-electron chi connectivity index (χ1n) is 14.3. The number of aldehydes is 1. The Bertz CT molecular complexity index is 415. The highest BCUT2D eigenvalue weighted by Crippen LogP contribution is 2.03. The molecule has 1 aliphatic heterocycles. The van der Waals surface area contributed by atoms with Crippen molar-refractivity contribution < 1.29 is 19.1 Å². The molecule has 0 aromatic heterocycles. The van der Waals surface area contributed by atoms with Gasteiger partial charge in [0.25, 0.3) is 0 Å². The molecule has 1 rings (SSSR count). The molecule has 2 N–H and O–H groups in total. The van der Waals surface area contributed by atoms with Gasteiger partial charge < -0.3 is 29.8 Å². The molecule has 210 valence electrons. The standard InChI is InChI=1S/C17H33NO3.C6H14O.C5H12N2/c1-2-3-11-16-21-17(20)12-7-6-9-14-18-13-8-4-5-10-15-19;1-3-4-5-6-7-2;1-7-4-2-6-3-5-7/h15,18H,2-14,16H2,1H3;3-6H2,1-2H3;6H,2-5H2,1H3. The molecule has 7 heteroatoms. The second kappa shape index (κ2) is 33.0. The average molecular weight is 502 g/mol. The largest absolute Gasteiger partial charge is 0.466 e. The molecule has 1 heterocycles. The number of unbranched alkanes of at least 4 members (excludes halogenated alkanes) is 9. The minimum atomic E-state index is -0.0470. The van der Waals surface area contributed by atoms with Gasteiger partial charge in [0, 0.05) is 52.7 Å². The normalized spacial score (nSPS) is 13.3. The number of esters is 1. The molecule has 0 unspecified atom stereocenters. The minimum Gasteiger partial charge on any atom is -0.466 e. The van der Waals surface area contributed by atoms with Crippen LogP contribution in [-0.4, -0.2) is 83.8 Å². The van der Waals surface area contributed by atoms with Crippen LogP contribution in [0.2, 0.25) is 0 Å². The van der Waals surface area contributed by atoms with Crippen LogP contribution in [0.1, 0.15) is 104 Å². The van der Waals surface area contributed by atoms with E-state index in [0.717, 1.165) is 96.9 Å². The van der Waals surface area contributed by atoms with E-state index in [4.69, 9.17) is 9.47 Å². The Morgan fingerprint density at radius 1 is 0.857 bits per heavy atom. The molecule has 1 aliphatic rings. The van der Waals surface area contributed by atoms with Crippen LogP contribution in [0.25, 0.3) is 0 Å². The number of carbonyl (C=O) groups excluding carboxylic acids is 2. The Kier molecular flexibility index (Phi) is 34.1. The first kappa shape index (κ1) is 36.1. The lowest BCUT2D eigenvalue weighted by molar-refractivity contribution is -0.143. The van der Waals surface area contributed by atoms with Crippen LogP contribution in [-0.2, 0) is 19.1 Å². The van der Waals surface area contributed by atoms with E-state index >= 15 is 0 Å². The van der Waals surface area contributed by atoms with E-state index in [1.54, 1.807) is 7.11 Å². The van der Waals surface area contributed by atoms with Crippen molar-refractivity contribution in [2.75, 3.05) is 66.6 Å². The highest BCUT2D eigenvalue weighted by molar-refractivity contribution is 5.69. The van der Waals surface area contributed by atoms with Crippen molar-refractivity contribution >= 4 is 12.3 Å². The molecular weight excluding hydrogens is 442 g/mol. The third kappa shape index (κ3) is 35.2. The van der Waals surface area contributed by atoms with Gasteiger partial charge in [0.1, 0.15) is 6.29 Å². The summed E-state index contributed by atoms with van der Waals surface area (Å²) in [6.45, 7) is 12.6. The topological polar surface area (TPSA) is 79.9 Å². The predicted molar refractivity (Wildman–Crippen MR) is 148 cm³/mol. The number of hydrogen-bond donors (Lipinski definition) is 2. The first-order valence-corrected chi connectivity index (χ1v) is 14.3. The zero-order chi connectivity index (χ0) is 26.2. The van der Waals surface area contributed by atoms with E-state index < -0.39 is 0 Å². The van der Waals surface area contributed by atoms with Crippen molar-refractivity contribution in [3.05, 3.63) is 0 Å². The lowest BCUT2D eigenvalue weighted by atomic mass is 10.2. The molecule has 1 saturated heterocycles. The molecule has 0 saturated carbocycles. The third-order valence-electron chi connectivity index (χ3n) is 5.71. The van der Waals surface area contributed by atoms with Gasteiger partial charge in [-0.2, -0.15) is 0 Å². The maximum Gasteiger partial charge on any atom is 0.305 e. The SMILES string of the molecule is CCCCCOC.CCCCCOC(=O)CCCCCNCCCCCC=O.CN1CCNCC1. The first-order chi connectivity index (χ1) is 17.1. The Balaban J connectivity index is 0. The van der Waals surface area contributed by atoms with E-state index in [0.29, 0.717) is 19.4 Å². The van der Waals surface area contributed by atoms with Gasteiger partial charge >= 0.3 is 5.97 Å². The van der Waals surface area contributed by atoms with Gasteiger partial charge in [0.15, 0.2) is 0 Å². The van der Waals surface area contributed by atoms with Crippen LogP contribution in [0.5, 0.6) is 0 Å². The fourth-order valence-corrected chi connectivity index (χ4v) is 3.36. The average Bonchev–Trinajstić information content (AvgIpc) is 2.87. The fourth-order valence-electron chi connectivity index (χ4n) is 3.36. The number of piperazine rings is 1. The smallest absolute Gasteiger partial charge is 0.305 e. The summed E-state index contributed by atoms with van der Waals surface area (Å²) in [6.07, 6.45) is 15.7. The number of nitrogens with one attached hydrogen (secondary N) is 2. The Labute approximate surface area is 217 Å². The van der Waals surface area contributed by atoms with E-state index in [1.165, 1.54) is 32.4 Å². The molecule has 0 amide bonds. The maximum absolute atomic E-state index is 11.4. The zero-order valence-corrected chi connectivity index (χ0v) is 23.7. The van der Waals surface area contributed by atoms with Crippen molar-refractivity contribution in [1.29, 1.82) is 0 Å². The molecule has 0 aliphatic carbocycles. The molecule has 1 fully saturated rings. The van der Waals surface area contributed by atoms with Gasteiger partial charge in [0.2, 0.25) is 0 Å². The molecular formula is C28H59N3O4. The van der Waals surface area contributed by atoms with Gasteiger partial charge in [-0.1, -0.05) is 52.4 Å². The number of methoxy groups -OCH3 is 1. The van der Waals surface area contributed by atoms with Crippen molar-refractivity contribution in [3.8, 4) is 0 Å². The molecule has 0 radical (unpaired) electrons. The number of likely N-dealkylation sites (N-methyl/N-ethyl adjacent to an activating group) is 1. The summed E-state index contributed by atoms with van der Waals surface area (Å²) in [5.41, 5.74) is 0. The summed E-state index contributed by atoms with van der Waals surface area (Å²) in [4.78, 5) is 23.9. The molecule has 0 spiro atoms. The van der Waals surface area contributed by atoms with E-state index in [1.807, 2.05) is 0 Å². The van der Waals surface area contributed by atoms with Crippen molar-refractivity contribution in [3.63, 3.8) is 0 Å². The molecule has 0 atom stereocenters. The second-order valence-electron chi connectivity index (χ2n) is 9.26. The summed E-state index contributed by atoms with van der Waals surface area (Å²) in [6, 6.07) is 0. The zero-order valence-electron chi connectivity index (χ0n) is 23.7. The van der Waals surface area contributed by atoms with Gasteiger partial charge in [0.05, 0.1) is 6.61 Å². The third-order valence-corrected chi connectivity index (χ3v) is 5.71. The Morgan fingerprint density at radius 3 is 1.97 bits per heavy atom. The number of rotatable bonds is 20. The monoisotopic (exact) mass is 501 g/mol. The van der Waals surface area contributed by atoms with E-state index in [9.17, 15) is 9.59 Å². The van der Waals surface area contributed by atoms with Crippen LogP contribution in [0.4, 0.5) is 0 Å². The Hall–Kier alpha value is -1.02. The number of hydrogen-bond acceptors (Lipinski definition) is 7. The number of ether oxygens (including phenoxy) is 2. The highest BCUT2D eigenvalue weighted by Gasteiger charge is 2.02. The maximum atomic E-state index is 11.4. The van der Waals surface area contributed by atoms with E-state index in [2.05, 4.69) is 36.4 Å². The number of nitrogens with zero attached hydrogens (tertiary/aromatic N) is 1. The number of carbonyl (C=O) groups is 2. The van der Waals surface area contributed by atoms with Gasteiger partial charge in [-0.25, -0.2) is 0 Å². The quantitative estimate of drug-likeness (QED) is 0.138. The highest BCUT2D eigenvalue weighted by atomic mass is 16.5. The van der Waals surface area contributed by atoms with Gasteiger partial charge in [-0.3, -0.25) is 4.79 Å². The molecule has 0 aromatic rings. The summed E-state index contributed by atoms with van der Waals surface area (Å²) in [5, 5.41) is 6.67. The second-order valence-corrected chi connectivity index (χ2v) is 9.26. The van der Waals surface area contributed by atoms with Gasteiger partial charge in [-0.05, 0) is 58.7 Å². The molecule has 7 nitrogen and oxygen atoms in total. The molecule has 35 heavy (non-hydrogen) atoms. The van der Waals surface area contributed by atoms with Crippen LogP contribution < -0.4 is 10.6 Å². The molecule has 0 bridgehead atoms. The van der Waals surface area contributed by atoms with Crippen molar-refractivity contribution in [2.24, 2.45) is 0 Å². The predicted octanol–water partition coefficient (Wildman–Crippen LogP) is 4.97. The fraction of sp³-hybridized carbons (Fsp3) is 0.929. The van der Waals surface area contributed by atoms with Gasteiger partial charge in [-0.15, -0.1) is 0 Å². The lowest BCUT2D eigenvalue weighted by Gasteiger charge is -2.21.